The molecule has 1 aromatic carbocycles. The molecular weight excluding hydrogens is 214 g/mol. The maximum absolute atomic E-state index is 9.93. The van der Waals surface area contributed by atoms with E-state index in [0.29, 0.717) is 18.3 Å². The summed E-state index contributed by atoms with van der Waals surface area (Å²) in [6.45, 7) is 2.90. The number of methoxy groups -OCH3 is 1. The molecule has 3 nitrogen and oxygen atoms in total. The lowest BCUT2D eigenvalue weighted by molar-refractivity contribution is 0.368. The molecule has 0 radical (unpaired) electrons. The van der Waals surface area contributed by atoms with E-state index < -0.39 is 0 Å². The second-order valence-corrected chi connectivity index (χ2v) is 4.93. The molecule has 1 aromatic rings. The Labute approximate surface area is 103 Å². The molecule has 1 unspecified atom stereocenters. The van der Waals surface area contributed by atoms with Gasteiger partial charge in [-0.25, -0.2) is 0 Å². The van der Waals surface area contributed by atoms with E-state index in [9.17, 15) is 5.11 Å². The summed E-state index contributed by atoms with van der Waals surface area (Å²) in [5.41, 5.74) is 0.895. The predicted octanol–water partition coefficient (Wildman–Crippen LogP) is 2.68. The minimum absolute atomic E-state index is 0.251. The third kappa shape index (κ3) is 3.37. The van der Waals surface area contributed by atoms with Crippen LogP contribution in [-0.4, -0.2) is 18.3 Å². The lowest BCUT2D eigenvalue weighted by Crippen LogP contribution is -2.25. The quantitative estimate of drug-likeness (QED) is 0.796. The topological polar surface area (TPSA) is 41.5 Å². The number of phenols is 1. The summed E-state index contributed by atoms with van der Waals surface area (Å²) in [5.74, 6) is 1.72. The van der Waals surface area contributed by atoms with Crippen LogP contribution in [0.25, 0.3) is 0 Å². The molecule has 0 amide bonds. The lowest BCUT2D eigenvalue weighted by Gasteiger charge is -2.14. The number of phenolic OH excluding ortho intramolecular Hbond substituents is 1. The molecule has 1 atom stereocenters. The van der Waals surface area contributed by atoms with Gasteiger partial charge in [0.05, 0.1) is 7.11 Å². The molecule has 0 spiro atoms. The largest absolute Gasteiger partial charge is 0.504 e. The number of ether oxygens (including phenoxy) is 1. The van der Waals surface area contributed by atoms with Gasteiger partial charge in [0.2, 0.25) is 0 Å². The van der Waals surface area contributed by atoms with Crippen molar-refractivity contribution in [2.75, 3.05) is 7.11 Å². The summed E-state index contributed by atoms with van der Waals surface area (Å²) in [6, 6.07) is 6.11. The van der Waals surface area contributed by atoms with Crippen molar-refractivity contribution in [3.63, 3.8) is 0 Å². The Kier molecular flexibility index (Phi) is 3.89. The number of hydrogen-bond acceptors (Lipinski definition) is 3. The highest BCUT2D eigenvalue weighted by molar-refractivity contribution is 5.45. The van der Waals surface area contributed by atoms with E-state index in [-0.39, 0.29) is 5.75 Å². The number of hydrogen-bond donors (Lipinski definition) is 2. The number of aromatic hydroxyl groups is 1. The van der Waals surface area contributed by atoms with Gasteiger partial charge in [-0.05, 0) is 25.3 Å². The monoisotopic (exact) mass is 235 g/mol. The fraction of sp³-hybridized carbons (Fsp3) is 0.571. The van der Waals surface area contributed by atoms with Crippen molar-refractivity contribution in [1.82, 2.24) is 5.32 Å². The molecule has 3 heteroatoms. The van der Waals surface area contributed by atoms with Crippen LogP contribution in [-0.2, 0) is 6.54 Å². The minimum atomic E-state index is 0.251. The third-order valence-corrected chi connectivity index (χ3v) is 3.33. The average Bonchev–Trinajstić information content (AvgIpc) is 3.11. The van der Waals surface area contributed by atoms with Crippen molar-refractivity contribution >= 4 is 0 Å². The van der Waals surface area contributed by atoms with Crippen molar-refractivity contribution in [3.05, 3.63) is 23.8 Å². The molecule has 0 heterocycles. The molecule has 17 heavy (non-hydrogen) atoms. The predicted molar refractivity (Wildman–Crippen MR) is 68.3 cm³/mol. The Hall–Kier alpha value is -1.22. The van der Waals surface area contributed by atoms with E-state index in [4.69, 9.17) is 4.74 Å². The fourth-order valence-corrected chi connectivity index (χ4v) is 2.10. The Morgan fingerprint density at radius 2 is 2.24 bits per heavy atom. The highest BCUT2D eigenvalue weighted by Crippen LogP contribution is 2.34. The van der Waals surface area contributed by atoms with Gasteiger partial charge in [0, 0.05) is 18.2 Å². The van der Waals surface area contributed by atoms with Crippen molar-refractivity contribution in [1.29, 1.82) is 0 Å². The van der Waals surface area contributed by atoms with E-state index in [0.717, 1.165) is 11.5 Å². The molecule has 94 valence electrons. The number of rotatable bonds is 6. The Balaban J connectivity index is 1.88. The van der Waals surface area contributed by atoms with Gasteiger partial charge in [-0.15, -0.1) is 0 Å². The highest BCUT2D eigenvalue weighted by Gasteiger charge is 2.23. The molecule has 0 aromatic heterocycles. The molecule has 2 N–H and O–H groups in total. The molecule has 0 bridgehead atoms. The molecule has 0 aliphatic heterocycles. The van der Waals surface area contributed by atoms with Crippen LogP contribution in [0, 0.1) is 5.92 Å². The third-order valence-electron chi connectivity index (χ3n) is 3.33. The number of benzene rings is 1. The molecular formula is C14H21NO2. The normalized spacial score (nSPS) is 16.8. The standard InChI is InChI=1S/C14H21NO2/c1-10(8-11-6-7-11)15-9-12-4-3-5-13(17-2)14(12)16/h3-5,10-11,15-16H,6-9H2,1-2H3. The molecule has 1 aliphatic carbocycles. The summed E-state index contributed by atoms with van der Waals surface area (Å²) in [6.07, 6.45) is 4.01. The number of nitrogens with one attached hydrogen (secondary N) is 1. The molecule has 1 saturated carbocycles. The summed E-state index contributed by atoms with van der Waals surface area (Å²) >= 11 is 0. The first-order valence-electron chi connectivity index (χ1n) is 6.29. The second-order valence-electron chi connectivity index (χ2n) is 4.93. The van der Waals surface area contributed by atoms with Crippen LogP contribution in [0.5, 0.6) is 11.5 Å². The van der Waals surface area contributed by atoms with Crippen molar-refractivity contribution in [2.45, 2.75) is 38.8 Å². The van der Waals surface area contributed by atoms with E-state index in [2.05, 4.69) is 12.2 Å². The van der Waals surface area contributed by atoms with Crippen LogP contribution >= 0.6 is 0 Å². The van der Waals surface area contributed by atoms with E-state index in [1.54, 1.807) is 13.2 Å². The van der Waals surface area contributed by atoms with Crippen LogP contribution in [0.3, 0.4) is 0 Å². The summed E-state index contributed by atoms with van der Waals surface area (Å²) in [7, 11) is 1.57. The first-order chi connectivity index (χ1) is 8.20. The molecule has 1 fully saturated rings. The van der Waals surface area contributed by atoms with Gasteiger partial charge >= 0.3 is 0 Å². The van der Waals surface area contributed by atoms with Gasteiger partial charge in [-0.3, -0.25) is 0 Å². The van der Waals surface area contributed by atoms with Crippen LogP contribution in [0.1, 0.15) is 31.7 Å². The van der Waals surface area contributed by atoms with E-state index in [1.165, 1.54) is 19.3 Å². The van der Waals surface area contributed by atoms with Crippen LogP contribution in [0.2, 0.25) is 0 Å². The van der Waals surface area contributed by atoms with Crippen LogP contribution in [0.15, 0.2) is 18.2 Å². The van der Waals surface area contributed by atoms with E-state index >= 15 is 0 Å². The average molecular weight is 235 g/mol. The molecule has 2 rings (SSSR count). The van der Waals surface area contributed by atoms with Crippen molar-refractivity contribution in [3.8, 4) is 11.5 Å². The summed E-state index contributed by atoms with van der Waals surface area (Å²) < 4.78 is 5.09. The zero-order valence-corrected chi connectivity index (χ0v) is 10.6. The van der Waals surface area contributed by atoms with Crippen molar-refractivity contribution in [2.24, 2.45) is 5.92 Å². The zero-order chi connectivity index (χ0) is 12.3. The van der Waals surface area contributed by atoms with Gasteiger partial charge < -0.3 is 15.2 Å². The second kappa shape index (κ2) is 5.41. The maximum atomic E-state index is 9.93. The molecule has 0 saturated heterocycles. The fourth-order valence-electron chi connectivity index (χ4n) is 2.10. The van der Waals surface area contributed by atoms with E-state index in [1.807, 2.05) is 12.1 Å². The summed E-state index contributed by atoms with van der Waals surface area (Å²) in [5, 5.41) is 13.4. The minimum Gasteiger partial charge on any atom is -0.504 e. The van der Waals surface area contributed by atoms with Gasteiger partial charge in [0.25, 0.3) is 0 Å². The summed E-state index contributed by atoms with van der Waals surface area (Å²) in [4.78, 5) is 0. The SMILES string of the molecule is COc1cccc(CNC(C)CC2CC2)c1O. The number of para-hydroxylation sites is 1. The zero-order valence-electron chi connectivity index (χ0n) is 10.6. The highest BCUT2D eigenvalue weighted by atomic mass is 16.5. The van der Waals surface area contributed by atoms with Crippen molar-refractivity contribution < 1.29 is 9.84 Å². The van der Waals surface area contributed by atoms with Gasteiger partial charge in [-0.1, -0.05) is 25.0 Å². The molecule has 1 aliphatic rings. The van der Waals surface area contributed by atoms with Gasteiger partial charge in [-0.2, -0.15) is 0 Å². The smallest absolute Gasteiger partial charge is 0.162 e. The first-order valence-corrected chi connectivity index (χ1v) is 6.29. The lowest BCUT2D eigenvalue weighted by atomic mass is 10.1. The Morgan fingerprint density at radius 1 is 1.47 bits per heavy atom. The maximum Gasteiger partial charge on any atom is 0.162 e. The first kappa shape index (κ1) is 12.2. The van der Waals surface area contributed by atoms with Gasteiger partial charge in [0.15, 0.2) is 11.5 Å². The van der Waals surface area contributed by atoms with Gasteiger partial charge in [0.1, 0.15) is 0 Å². The Bertz CT molecular complexity index is 374. The van der Waals surface area contributed by atoms with Crippen LogP contribution < -0.4 is 10.1 Å². The Morgan fingerprint density at radius 3 is 2.88 bits per heavy atom. The van der Waals surface area contributed by atoms with Crippen LogP contribution in [0.4, 0.5) is 0 Å².